The zero-order valence-electron chi connectivity index (χ0n) is 16.9. The van der Waals surface area contributed by atoms with Gasteiger partial charge < -0.3 is 9.73 Å². The molecule has 1 aromatic carbocycles. The molecule has 0 atom stereocenters. The Morgan fingerprint density at radius 1 is 0.964 bits per heavy atom. The molecule has 0 bridgehead atoms. The number of aromatic nitrogens is 2. The molecule has 1 heterocycles. The van der Waals surface area contributed by atoms with Crippen LogP contribution in [0.3, 0.4) is 0 Å². The van der Waals surface area contributed by atoms with Gasteiger partial charge >= 0.3 is 0 Å². The smallest absolute Gasteiger partial charge is 0.220 e. The number of unbranched alkanes of at least 4 members (excludes halogenated alkanes) is 1. The molecule has 0 saturated heterocycles. The fourth-order valence-corrected chi connectivity index (χ4v) is 3.97. The van der Waals surface area contributed by atoms with E-state index in [4.69, 9.17) is 4.42 Å². The summed E-state index contributed by atoms with van der Waals surface area (Å²) in [6.45, 7) is 0.784. The van der Waals surface area contributed by atoms with Crippen molar-refractivity contribution in [1.29, 1.82) is 0 Å². The van der Waals surface area contributed by atoms with Gasteiger partial charge in [0, 0.05) is 25.8 Å². The van der Waals surface area contributed by atoms with E-state index < -0.39 is 0 Å². The standard InChI is InChI=1S/C23H33N3O2/c27-21(24-18-8-14-20-11-4-5-12-20)16-17-23-26-25-22(28-23)15-7-6-13-19-9-2-1-3-10-19/h1-3,9-10,20H,4-8,11-18H2,(H,24,27). The summed E-state index contributed by atoms with van der Waals surface area (Å²) in [6, 6.07) is 10.5. The zero-order valence-corrected chi connectivity index (χ0v) is 16.9. The summed E-state index contributed by atoms with van der Waals surface area (Å²) in [5.74, 6) is 2.22. The number of hydrogen-bond donors (Lipinski definition) is 1. The molecule has 0 unspecified atom stereocenters. The quantitative estimate of drug-likeness (QED) is 0.542. The van der Waals surface area contributed by atoms with Crippen molar-refractivity contribution >= 4 is 5.91 Å². The van der Waals surface area contributed by atoms with Gasteiger partial charge in [0.2, 0.25) is 17.7 Å². The van der Waals surface area contributed by atoms with E-state index in [1.165, 1.54) is 37.7 Å². The molecule has 2 aromatic rings. The zero-order chi connectivity index (χ0) is 19.4. The van der Waals surface area contributed by atoms with E-state index in [0.717, 1.165) is 44.6 Å². The Hall–Kier alpha value is -2.17. The minimum Gasteiger partial charge on any atom is -0.425 e. The molecular weight excluding hydrogens is 350 g/mol. The molecule has 1 fully saturated rings. The van der Waals surface area contributed by atoms with Crippen molar-refractivity contribution in [2.45, 2.75) is 77.0 Å². The number of rotatable bonds is 12. The van der Waals surface area contributed by atoms with E-state index in [2.05, 4.69) is 39.8 Å². The van der Waals surface area contributed by atoms with E-state index in [9.17, 15) is 4.79 Å². The molecule has 5 nitrogen and oxygen atoms in total. The third-order valence-corrected chi connectivity index (χ3v) is 5.61. The monoisotopic (exact) mass is 383 g/mol. The fourth-order valence-electron chi connectivity index (χ4n) is 3.97. The van der Waals surface area contributed by atoms with Crippen LogP contribution in [-0.2, 0) is 24.1 Å². The van der Waals surface area contributed by atoms with E-state index in [0.29, 0.717) is 24.6 Å². The van der Waals surface area contributed by atoms with Crippen LogP contribution >= 0.6 is 0 Å². The molecule has 0 radical (unpaired) electrons. The summed E-state index contributed by atoms with van der Waals surface area (Å²) in [5.41, 5.74) is 1.36. The minimum atomic E-state index is 0.0778. The van der Waals surface area contributed by atoms with Crippen LogP contribution in [0.25, 0.3) is 0 Å². The predicted molar refractivity (Wildman–Crippen MR) is 110 cm³/mol. The number of aryl methyl sites for hydroxylation is 3. The molecule has 0 aliphatic heterocycles. The van der Waals surface area contributed by atoms with E-state index >= 15 is 0 Å². The number of carbonyl (C=O) groups is 1. The lowest BCUT2D eigenvalue weighted by Gasteiger charge is -2.09. The summed E-state index contributed by atoms with van der Waals surface area (Å²) >= 11 is 0. The first kappa shape index (κ1) is 20.6. The maximum absolute atomic E-state index is 12.0. The van der Waals surface area contributed by atoms with Crippen molar-refractivity contribution in [3.63, 3.8) is 0 Å². The second kappa shape index (κ2) is 11.6. The van der Waals surface area contributed by atoms with Crippen LogP contribution in [0.4, 0.5) is 0 Å². The second-order valence-electron chi connectivity index (χ2n) is 7.92. The molecular formula is C23H33N3O2. The minimum absolute atomic E-state index is 0.0778. The number of amides is 1. The lowest BCUT2D eigenvalue weighted by Crippen LogP contribution is -2.25. The molecule has 1 aromatic heterocycles. The highest BCUT2D eigenvalue weighted by Gasteiger charge is 2.14. The van der Waals surface area contributed by atoms with Crippen LogP contribution < -0.4 is 5.32 Å². The summed E-state index contributed by atoms with van der Waals surface area (Å²) in [4.78, 5) is 12.0. The van der Waals surface area contributed by atoms with Crippen LogP contribution in [0.5, 0.6) is 0 Å². The summed E-state index contributed by atoms with van der Waals surface area (Å²) < 4.78 is 5.68. The van der Waals surface area contributed by atoms with Gasteiger partial charge in [-0.3, -0.25) is 4.79 Å². The highest BCUT2D eigenvalue weighted by molar-refractivity contribution is 5.75. The highest BCUT2D eigenvalue weighted by Crippen LogP contribution is 2.28. The Kier molecular flexibility index (Phi) is 8.54. The lowest BCUT2D eigenvalue weighted by atomic mass is 10.0. The Bertz CT molecular complexity index is 693. The largest absolute Gasteiger partial charge is 0.425 e. The van der Waals surface area contributed by atoms with Gasteiger partial charge in [0.05, 0.1) is 0 Å². The molecule has 3 rings (SSSR count). The van der Waals surface area contributed by atoms with Gasteiger partial charge in [-0.1, -0.05) is 56.0 Å². The van der Waals surface area contributed by atoms with Crippen molar-refractivity contribution in [2.75, 3.05) is 6.54 Å². The molecule has 1 N–H and O–H groups in total. The van der Waals surface area contributed by atoms with Gasteiger partial charge in [-0.25, -0.2) is 0 Å². The molecule has 1 aliphatic rings. The molecule has 5 heteroatoms. The Morgan fingerprint density at radius 3 is 2.46 bits per heavy atom. The maximum Gasteiger partial charge on any atom is 0.220 e. The van der Waals surface area contributed by atoms with Crippen molar-refractivity contribution in [2.24, 2.45) is 5.92 Å². The molecule has 1 saturated carbocycles. The van der Waals surface area contributed by atoms with Gasteiger partial charge in [-0.05, 0) is 43.6 Å². The maximum atomic E-state index is 12.0. The summed E-state index contributed by atoms with van der Waals surface area (Å²) in [6.07, 6.45) is 12.8. The third-order valence-electron chi connectivity index (χ3n) is 5.61. The summed E-state index contributed by atoms with van der Waals surface area (Å²) in [7, 11) is 0. The fraction of sp³-hybridized carbons (Fsp3) is 0.609. The van der Waals surface area contributed by atoms with Crippen LogP contribution in [-0.4, -0.2) is 22.6 Å². The number of nitrogens with zero attached hydrogens (tertiary/aromatic N) is 2. The van der Waals surface area contributed by atoms with Gasteiger partial charge in [-0.2, -0.15) is 0 Å². The second-order valence-corrected chi connectivity index (χ2v) is 7.92. The van der Waals surface area contributed by atoms with E-state index in [1.54, 1.807) is 0 Å². The van der Waals surface area contributed by atoms with E-state index in [-0.39, 0.29) is 5.91 Å². The van der Waals surface area contributed by atoms with Crippen molar-refractivity contribution < 1.29 is 9.21 Å². The summed E-state index contributed by atoms with van der Waals surface area (Å²) in [5, 5.41) is 11.2. The Balaban J connectivity index is 1.24. The number of hydrogen-bond acceptors (Lipinski definition) is 4. The first-order valence-electron chi connectivity index (χ1n) is 10.9. The predicted octanol–water partition coefficient (Wildman–Crippen LogP) is 4.65. The number of carbonyl (C=O) groups excluding carboxylic acids is 1. The molecule has 152 valence electrons. The average molecular weight is 384 g/mol. The van der Waals surface area contributed by atoms with Crippen molar-refractivity contribution in [3.05, 3.63) is 47.7 Å². The molecule has 0 spiro atoms. The van der Waals surface area contributed by atoms with Crippen molar-refractivity contribution in [1.82, 2.24) is 15.5 Å². The topological polar surface area (TPSA) is 68.0 Å². The SMILES string of the molecule is O=C(CCc1nnc(CCCCc2ccccc2)o1)NCCCC1CCCC1. The molecule has 1 amide bonds. The van der Waals surface area contributed by atoms with E-state index in [1.807, 2.05) is 6.07 Å². The van der Waals surface area contributed by atoms with Gasteiger partial charge in [0.25, 0.3) is 0 Å². The Labute approximate surface area is 168 Å². The highest BCUT2D eigenvalue weighted by atomic mass is 16.4. The van der Waals surface area contributed by atoms with Gasteiger partial charge in [0.1, 0.15) is 0 Å². The molecule has 1 aliphatic carbocycles. The van der Waals surface area contributed by atoms with Gasteiger partial charge in [-0.15, -0.1) is 10.2 Å². The first-order chi connectivity index (χ1) is 13.8. The number of nitrogens with one attached hydrogen (secondary N) is 1. The molecule has 28 heavy (non-hydrogen) atoms. The van der Waals surface area contributed by atoms with Crippen LogP contribution in [0.1, 0.15) is 75.1 Å². The normalized spacial score (nSPS) is 14.4. The van der Waals surface area contributed by atoms with Crippen LogP contribution in [0.2, 0.25) is 0 Å². The number of benzene rings is 1. The Morgan fingerprint density at radius 2 is 1.68 bits per heavy atom. The van der Waals surface area contributed by atoms with Gasteiger partial charge in [0.15, 0.2) is 0 Å². The van der Waals surface area contributed by atoms with Crippen LogP contribution in [0.15, 0.2) is 34.7 Å². The van der Waals surface area contributed by atoms with Crippen molar-refractivity contribution in [3.8, 4) is 0 Å². The third kappa shape index (κ3) is 7.45. The van der Waals surface area contributed by atoms with Crippen LogP contribution in [0, 0.1) is 5.92 Å². The first-order valence-corrected chi connectivity index (χ1v) is 10.9. The lowest BCUT2D eigenvalue weighted by molar-refractivity contribution is -0.121. The average Bonchev–Trinajstić information content (AvgIpc) is 3.40.